The van der Waals surface area contributed by atoms with Crippen molar-refractivity contribution in [3.05, 3.63) is 12.2 Å². The van der Waals surface area contributed by atoms with E-state index in [1.165, 1.54) is 12.2 Å². The Morgan fingerprint density at radius 2 is 1.79 bits per heavy atom. The van der Waals surface area contributed by atoms with Crippen molar-refractivity contribution in [3.63, 3.8) is 0 Å². The largest absolute Gasteiger partial charge is 0.463 e. The van der Waals surface area contributed by atoms with Gasteiger partial charge in [0.2, 0.25) is 0 Å². The van der Waals surface area contributed by atoms with Gasteiger partial charge in [-0.05, 0) is 25.7 Å². The van der Waals surface area contributed by atoms with Gasteiger partial charge in [-0.2, -0.15) is 0 Å². The van der Waals surface area contributed by atoms with Crippen molar-refractivity contribution in [1.29, 1.82) is 0 Å². The first kappa shape index (κ1) is 15.4. The normalized spacial score (nSPS) is 16.3. The highest BCUT2D eigenvalue weighted by atomic mass is 16.5. The molecule has 1 aliphatic heterocycles. The van der Waals surface area contributed by atoms with Gasteiger partial charge in [0.25, 0.3) is 11.8 Å². The zero-order valence-corrected chi connectivity index (χ0v) is 11.7. The number of ether oxygens (including phenoxy) is 1. The number of esters is 1. The Hall–Kier alpha value is -1.65. The average Bonchev–Trinajstić information content (AvgIpc) is 2.59. The third-order valence-electron chi connectivity index (χ3n) is 2.80. The fraction of sp³-hybridized carbons (Fsp3) is 0.643. The van der Waals surface area contributed by atoms with E-state index in [9.17, 15) is 14.4 Å². The van der Waals surface area contributed by atoms with Gasteiger partial charge >= 0.3 is 5.97 Å². The maximum Gasteiger partial charge on any atom is 0.306 e. The van der Waals surface area contributed by atoms with Gasteiger partial charge in [0.05, 0.1) is 6.10 Å². The number of carbonyl (C=O) groups is 3. The number of carbonyl (C=O) groups excluding carboxylic acids is 3. The summed E-state index contributed by atoms with van der Waals surface area (Å²) in [6.45, 7) is 6.28. The number of hydrogen-bond donors (Lipinski definition) is 0. The molecule has 0 aromatic rings. The van der Waals surface area contributed by atoms with Crippen LogP contribution in [0.15, 0.2) is 12.2 Å². The van der Waals surface area contributed by atoms with Gasteiger partial charge in [-0.1, -0.05) is 13.8 Å². The molecule has 0 radical (unpaired) electrons. The minimum atomic E-state index is -0.313. The molecule has 1 unspecified atom stereocenters. The van der Waals surface area contributed by atoms with Crippen LogP contribution in [-0.4, -0.2) is 35.3 Å². The summed E-state index contributed by atoms with van der Waals surface area (Å²) in [5.74, 6) is -0.424. The molecule has 0 aromatic carbocycles. The van der Waals surface area contributed by atoms with E-state index in [2.05, 4.69) is 13.8 Å². The molecule has 0 fully saturated rings. The molecule has 5 nitrogen and oxygen atoms in total. The summed E-state index contributed by atoms with van der Waals surface area (Å²) in [4.78, 5) is 35.2. The van der Waals surface area contributed by atoms with Crippen molar-refractivity contribution in [1.82, 2.24) is 4.90 Å². The van der Waals surface area contributed by atoms with Crippen LogP contribution < -0.4 is 0 Å². The van der Waals surface area contributed by atoms with Gasteiger partial charge in [-0.3, -0.25) is 19.3 Å². The van der Waals surface area contributed by atoms with Crippen LogP contribution in [0.4, 0.5) is 0 Å². The maximum absolute atomic E-state index is 11.5. The summed E-state index contributed by atoms with van der Waals surface area (Å²) in [6.07, 6.45) is 3.88. The first-order chi connectivity index (χ1) is 8.90. The van der Waals surface area contributed by atoms with Gasteiger partial charge in [0.1, 0.15) is 0 Å². The Balaban J connectivity index is 2.20. The molecule has 106 valence electrons. The van der Waals surface area contributed by atoms with Crippen LogP contribution in [0.2, 0.25) is 0 Å². The highest BCUT2D eigenvalue weighted by Gasteiger charge is 2.23. The van der Waals surface area contributed by atoms with E-state index in [0.29, 0.717) is 12.3 Å². The quantitative estimate of drug-likeness (QED) is 0.520. The van der Waals surface area contributed by atoms with Crippen LogP contribution in [0.3, 0.4) is 0 Å². The Morgan fingerprint density at radius 1 is 1.21 bits per heavy atom. The Kier molecular flexibility index (Phi) is 5.73. The molecule has 0 spiro atoms. The number of nitrogens with zero attached hydrogens (tertiary/aromatic N) is 1. The topological polar surface area (TPSA) is 63.7 Å². The molecule has 0 N–H and O–H groups in total. The molecule has 0 aliphatic carbocycles. The molecule has 0 bridgehead atoms. The van der Waals surface area contributed by atoms with Gasteiger partial charge < -0.3 is 4.74 Å². The molecule has 1 rings (SSSR count). The van der Waals surface area contributed by atoms with Crippen LogP contribution in [-0.2, 0) is 19.1 Å². The Labute approximate surface area is 113 Å². The van der Waals surface area contributed by atoms with Crippen molar-refractivity contribution in [2.45, 2.75) is 46.1 Å². The third-order valence-corrected chi connectivity index (χ3v) is 2.80. The van der Waals surface area contributed by atoms with Gasteiger partial charge in [-0.25, -0.2) is 0 Å². The van der Waals surface area contributed by atoms with Crippen molar-refractivity contribution >= 4 is 17.8 Å². The maximum atomic E-state index is 11.5. The van der Waals surface area contributed by atoms with E-state index < -0.39 is 0 Å². The highest BCUT2D eigenvalue weighted by Crippen LogP contribution is 2.10. The first-order valence-corrected chi connectivity index (χ1v) is 6.63. The summed E-state index contributed by atoms with van der Waals surface area (Å²) in [5.41, 5.74) is 0. The number of amides is 2. The minimum Gasteiger partial charge on any atom is -0.463 e. The van der Waals surface area contributed by atoms with E-state index in [1.54, 1.807) is 0 Å². The van der Waals surface area contributed by atoms with E-state index in [-0.39, 0.29) is 36.9 Å². The lowest BCUT2D eigenvalue weighted by molar-refractivity contribution is -0.149. The zero-order chi connectivity index (χ0) is 14.4. The summed E-state index contributed by atoms with van der Waals surface area (Å²) in [6, 6.07) is 0. The van der Waals surface area contributed by atoms with E-state index in [0.717, 1.165) is 11.3 Å². The molecular formula is C14H21NO4. The smallest absolute Gasteiger partial charge is 0.306 e. The average molecular weight is 267 g/mol. The molecule has 5 heteroatoms. The highest BCUT2D eigenvalue weighted by molar-refractivity contribution is 6.12. The first-order valence-electron chi connectivity index (χ1n) is 6.63. The van der Waals surface area contributed by atoms with Gasteiger partial charge in [0, 0.05) is 25.1 Å². The van der Waals surface area contributed by atoms with Gasteiger partial charge in [-0.15, -0.1) is 0 Å². The molecule has 2 amide bonds. The zero-order valence-electron chi connectivity index (χ0n) is 11.7. The molecule has 1 heterocycles. The SMILES string of the molecule is CC(C)CC(C)OC(=O)CCCN1C(=O)C=CC1=O. The van der Waals surface area contributed by atoms with Crippen molar-refractivity contribution < 1.29 is 19.1 Å². The van der Waals surface area contributed by atoms with Crippen LogP contribution in [0.25, 0.3) is 0 Å². The lowest BCUT2D eigenvalue weighted by atomic mass is 10.1. The van der Waals surface area contributed by atoms with Crippen LogP contribution in [0.1, 0.15) is 40.0 Å². The fourth-order valence-electron chi connectivity index (χ4n) is 2.03. The van der Waals surface area contributed by atoms with Crippen molar-refractivity contribution in [2.75, 3.05) is 6.54 Å². The summed E-state index contributed by atoms with van der Waals surface area (Å²) < 4.78 is 5.24. The molecule has 1 aliphatic rings. The molecule has 0 saturated carbocycles. The number of hydrogen-bond acceptors (Lipinski definition) is 4. The number of imide groups is 1. The second-order valence-corrected chi connectivity index (χ2v) is 5.20. The summed E-state index contributed by atoms with van der Waals surface area (Å²) in [7, 11) is 0. The number of rotatable bonds is 7. The van der Waals surface area contributed by atoms with E-state index in [1.807, 2.05) is 6.92 Å². The second-order valence-electron chi connectivity index (χ2n) is 5.20. The molecule has 1 atom stereocenters. The Bertz CT molecular complexity index is 369. The molecule has 19 heavy (non-hydrogen) atoms. The molecule has 0 aromatic heterocycles. The molecular weight excluding hydrogens is 246 g/mol. The van der Waals surface area contributed by atoms with E-state index >= 15 is 0 Å². The fourth-order valence-corrected chi connectivity index (χ4v) is 2.03. The third kappa shape index (κ3) is 5.24. The minimum absolute atomic E-state index is 0.0933. The second kappa shape index (κ2) is 7.07. The van der Waals surface area contributed by atoms with Crippen LogP contribution in [0.5, 0.6) is 0 Å². The lowest BCUT2D eigenvalue weighted by Crippen LogP contribution is -2.31. The summed E-state index contributed by atoms with van der Waals surface area (Å²) >= 11 is 0. The summed E-state index contributed by atoms with van der Waals surface area (Å²) in [5, 5.41) is 0. The molecule has 0 saturated heterocycles. The van der Waals surface area contributed by atoms with Crippen LogP contribution >= 0.6 is 0 Å². The monoisotopic (exact) mass is 267 g/mol. The van der Waals surface area contributed by atoms with Crippen LogP contribution in [0, 0.1) is 5.92 Å². The van der Waals surface area contributed by atoms with Gasteiger partial charge in [0.15, 0.2) is 0 Å². The van der Waals surface area contributed by atoms with Crippen molar-refractivity contribution in [2.24, 2.45) is 5.92 Å². The van der Waals surface area contributed by atoms with E-state index in [4.69, 9.17) is 4.74 Å². The van der Waals surface area contributed by atoms with Crippen molar-refractivity contribution in [3.8, 4) is 0 Å². The predicted octanol–water partition coefficient (Wildman–Crippen LogP) is 1.67. The predicted molar refractivity (Wildman–Crippen MR) is 70.1 cm³/mol. The standard InChI is InChI=1S/C14H21NO4/c1-10(2)9-11(3)19-14(18)5-4-8-15-12(16)6-7-13(15)17/h6-7,10-11H,4-5,8-9H2,1-3H3. The Morgan fingerprint density at radius 3 is 2.32 bits per heavy atom. The lowest BCUT2D eigenvalue weighted by Gasteiger charge is -2.16.